The van der Waals surface area contributed by atoms with E-state index in [1.165, 1.54) is 28.9 Å². The summed E-state index contributed by atoms with van der Waals surface area (Å²) in [7, 11) is 0. The summed E-state index contributed by atoms with van der Waals surface area (Å²) in [6.07, 6.45) is -11.7. The van der Waals surface area contributed by atoms with Gasteiger partial charge in [-0.05, 0) is 69.5 Å². The summed E-state index contributed by atoms with van der Waals surface area (Å²) in [5.41, 5.74) is -2.63. The lowest BCUT2D eigenvalue weighted by molar-refractivity contribution is -0.143. The number of rotatable bonds is 5. The third kappa shape index (κ3) is 7.05. The summed E-state index contributed by atoms with van der Waals surface area (Å²) in [5, 5.41) is 10.6. The normalized spacial score (nSPS) is 17.5. The Kier molecular flexibility index (Phi) is 8.65. The molecule has 0 bridgehead atoms. The smallest absolute Gasteiger partial charge is 0.416 e. The van der Waals surface area contributed by atoms with Crippen molar-refractivity contribution in [3.8, 4) is 0 Å². The second kappa shape index (κ2) is 11.0. The van der Waals surface area contributed by atoms with Crippen LogP contribution in [0.3, 0.4) is 0 Å². The van der Waals surface area contributed by atoms with Gasteiger partial charge in [0.1, 0.15) is 11.4 Å². The van der Waals surface area contributed by atoms with Crippen LogP contribution in [0, 0.1) is 0 Å². The summed E-state index contributed by atoms with van der Waals surface area (Å²) in [6.45, 7) is 4.46. The number of alkyl halides is 6. The van der Waals surface area contributed by atoms with Crippen LogP contribution in [0.2, 0.25) is 5.15 Å². The fraction of sp³-hybridized carbons (Fsp3) is 0.500. The number of aromatic nitrogens is 1. The average Bonchev–Trinajstić information content (AvgIpc) is 2.94. The molecular formula is C24H26ClF6N3O3. The van der Waals surface area contributed by atoms with Crippen LogP contribution in [0.1, 0.15) is 62.0 Å². The van der Waals surface area contributed by atoms with Gasteiger partial charge in [-0.1, -0.05) is 11.6 Å². The molecule has 0 saturated carbocycles. The number of anilines is 1. The van der Waals surface area contributed by atoms with Gasteiger partial charge in [-0.3, -0.25) is 9.80 Å². The average molecular weight is 554 g/mol. The van der Waals surface area contributed by atoms with Crippen LogP contribution in [0.25, 0.3) is 0 Å². The molecule has 204 valence electrons. The van der Waals surface area contributed by atoms with Gasteiger partial charge in [0.2, 0.25) is 0 Å². The number of hydrogen-bond donors (Lipinski definition) is 1. The van der Waals surface area contributed by atoms with E-state index in [0.717, 1.165) is 0 Å². The van der Waals surface area contributed by atoms with E-state index in [2.05, 4.69) is 4.98 Å². The number of benzene rings is 1. The Morgan fingerprint density at radius 2 is 1.73 bits per heavy atom. The fourth-order valence-corrected chi connectivity index (χ4v) is 4.37. The van der Waals surface area contributed by atoms with E-state index < -0.39 is 54.5 Å². The number of amides is 1. The van der Waals surface area contributed by atoms with Crippen molar-refractivity contribution in [3.63, 3.8) is 0 Å². The van der Waals surface area contributed by atoms with Gasteiger partial charge in [-0.25, -0.2) is 9.78 Å². The zero-order chi connectivity index (χ0) is 27.7. The Morgan fingerprint density at radius 3 is 2.24 bits per heavy atom. The Bertz CT molecular complexity index is 1090. The maximum Gasteiger partial charge on any atom is 0.416 e. The number of carbonyl (C=O) groups excluding carboxylic acids is 1. The topological polar surface area (TPSA) is 65.9 Å². The van der Waals surface area contributed by atoms with Gasteiger partial charge >= 0.3 is 18.4 Å². The molecule has 1 N–H and O–H groups in total. The largest absolute Gasteiger partial charge is 0.446 e. The summed E-state index contributed by atoms with van der Waals surface area (Å²) >= 11 is 6.12. The van der Waals surface area contributed by atoms with Crippen LogP contribution in [-0.4, -0.2) is 40.0 Å². The first-order chi connectivity index (χ1) is 17.1. The van der Waals surface area contributed by atoms with Gasteiger partial charge in [0.25, 0.3) is 0 Å². The number of aliphatic hydroxyl groups excluding tert-OH is 1. The Hall–Kier alpha value is -2.57. The number of carbonyl (C=O) groups is 1. The monoisotopic (exact) mass is 553 g/mol. The fourth-order valence-electron chi connectivity index (χ4n) is 4.22. The van der Waals surface area contributed by atoms with E-state index in [9.17, 15) is 36.2 Å². The summed E-state index contributed by atoms with van der Waals surface area (Å²) in [5.74, 6) is 0. The van der Waals surface area contributed by atoms with Gasteiger partial charge in [0.05, 0.1) is 34.7 Å². The highest BCUT2D eigenvalue weighted by Crippen LogP contribution is 2.40. The van der Waals surface area contributed by atoms with E-state index in [-0.39, 0.29) is 35.4 Å². The van der Waals surface area contributed by atoms with Gasteiger partial charge in [-0.15, -0.1) is 0 Å². The van der Waals surface area contributed by atoms with Crippen molar-refractivity contribution in [1.29, 1.82) is 0 Å². The van der Waals surface area contributed by atoms with Crippen LogP contribution in [0.5, 0.6) is 0 Å². The summed E-state index contributed by atoms with van der Waals surface area (Å²) in [4.78, 5) is 19.7. The summed E-state index contributed by atoms with van der Waals surface area (Å²) in [6, 6.07) is 3.51. The maximum atomic E-state index is 13.4. The summed E-state index contributed by atoms with van der Waals surface area (Å²) < 4.78 is 85.6. The van der Waals surface area contributed by atoms with Crippen molar-refractivity contribution in [1.82, 2.24) is 9.88 Å². The number of ether oxygens (including phenoxy) is 1. The lowest BCUT2D eigenvalue weighted by Gasteiger charge is -2.34. The number of aliphatic hydroxyl groups is 1. The first-order valence-electron chi connectivity index (χ1n) is 11.4. The molecule has 0 aliphatic carbocycles. The maximum absolute atomic E-state index is 13.4. The molecule has 37 heavy (non-hydrogen) atoms. The Morgan fingerprint density at radius 1 is 1.14 bits per heavy atom. The quantitative estimate of drug-likeness (QED) is 0.251. The lowest BCUT2D eigenvalue weighted by Crippen LogP contribution is -2.37. The number of halogens is 7. The van der Waals surface area contributed by atoms with Crippen LogP contribution in [0.15, 0.2) is 30.3 Å². The van der Waals surface area contributed by atoms with Crippen LogP contribution < -0.4 is 4.90 Å². The molecule has 2 unspecified atom stereocenters. The number of nitrogens with zero attached hydrogens (tertiary/aromatic N) is 3. The molecule has 1 aromatic heterocycles. The third-order valence-electron chi connectivity index (χ3n) is 5.78. The van der Waals surface area contributed by atoms with Crippen molar-refractivity contribution in [3.05, 3.63) is 57.9 Å². The minimum atomic E-state index is -5.01. The highest BCUT2D eigenvalue weighted by Gasteiger charge is 2.38. The molecule has 2 heterocycles. The van der Waals surface area contributed by atoms with Gasteiger partial charge in [0, 0.05) is 13.1 Å². The molecule has 3 rings (SSSR count). The number of pyridine rings is 1. The van der Waals surface area contributed by atoms with E-state index >= 15 is 0 Å². The standard InChI is InChI=1S/C24H26ClF6N3O3/c1-13(2)37-22(36)33-8-4-5-18(21-19(33)6-7-20(25)32-21)34(14(3)35)12-15-9-16(23(26,27)28)11-17(10-15)24(29,30)31/h6-7,9-11,13-14,18,35H,4-5,8,12H2,1-3H3. The molecular weight excluding hydrogens is 528 g/mol. The molecule has 1 aliphatic heterocycles. The van der Waals surface area contributed by atoms with E-state index in [1.54, 1.807) is 13.8 Å². The highest BCUT2D eigenvalue weighted by atomic mass is 35.5. The van der Waals surface area contributed by atoms with E-state index in [0.29, 0.717) is 24.2 Å². The molecule has 6 nitrogen and oxygen atoms in total. The lowest BCUT2D eigenvalue weighted by atomic mass is 10.0. The molecule has 13 heteroatoms. The second-order valence-electron chi connectivity index (χ2n) is 9.00. The van der Waals surface area contributed by atoms with Crippen molar-refractivity contribution in [2.75, 3.05) is 11.4 Å². The SMILES string of the molecule is CC(C)OC(=O)N1CCCC(N(Cc2cc(C(F)(F)F)cc(C(F)(F)F)c2)C(C)O)c2nc(Cl)ccc21. The Balaban J connectivity index is 2.07. The molecule has 0 radical (unpaired) electrons. The first-order valence-corrected chi connectivity index (χ1v) is 11.8. The molecule has 2 atom stereocenters. The van der Waals surface area contributed by atoms with Crippen LogP contribution in [-0.2, 0) is 23.6 Å². The number of hydrogen-bond acceptors (Lipinski definition) is 5. The molecule has 0 spiro atoms. The predicted molar refractivity (Wildman–Crippen MR) is 124 cm³/mol. The second-order valence-corrected chi connectivity index (χ2v) is 9.39. The minimum absolute atomic E-state index is 0.0523. The molecule has 0 fully saturated rings. The van der Waals surface area contributed by atoms with Crippen LogP contribution in [0.4, 0.5) is 36.8 Å². The minimum Gasteiger partial charge on any atom is -0.446 e. The zero-order valence-electron chi connectivity index (χ0n) is 20.2. The van der Waals surface area contributed by atoms with Crippen molar-refractivity contribution in [2.24, 2.45) is 0 Å². The molecule has 1 aliphatic rings. The molecule has 0 saturated heterocycles. The molecule has 1 amide bonds. The first kappa shape index (κ1) is 29.0. The van der Waals surface area contributed by atoms with E-state index in [4.69, 9.17) is 16.3 Å². The van der Waals surface area contributed by atoms with Crippen LogP contribution >= 0.6 is 11.6 Å². The zero-order valence-corrected chi connectivity index (χ0v) is 21.0. The van der Waals surface area contributed by atoms with Crippen molar-refractivity contribution in [2.45, 2.75) is 70.9 Å². The van der Waals surface area contributed by atoms with Crippen molar-refractivity contribution >= 4 is 23.4 Å². The van der Waals surface area contributed by atoms with E-state index in [1.807, 2.05) is 0 Å². The third-order valence-corrected chi connectivity index (χ3v) is 5.99. The van der Waals surface area contributed by atoms with Crippen molar-refractivity contribution < 1.29 is 41.0 Å². The van der Waals surface area contributed by atoms with Gasteiger partial charge < -0.3 is 9.84 Å². The molecule has 1 aromatic carbocycles. The predicted octanol–water partition coefficient (Wildman–Crippen LogP) is 6.80. The van der Waals surface area contributed by atoms with Gasteiger partial charge in [-0.2, -0.15) is 26.3 Å². The Labute approximate surface area is 214 Å². The molecule has 2 aromatic rings. The highest BCUT2D eigenvalue weighted by molar-refractivity contribution is 6.29. The van der Waals surface area contributed by atoms with Gasteiger partial charge in [0.15, 0.2) is 0 Å². The number of fused-ring (bicyclic) bond motifs is 1.